The number of rotatable bonds is 5. The van der Waals surface area contributed by atoms with Gasteiger partial charge in [-0.25, -0.2) is 27.8 Å². The van der Waals surface area contributed by atoms with Crippen LogP contribution in [0.2, 0.25) is 0 Å². The minimum Gasteiger partial charge on any atom is -0.370 e. The largest absolute Gasteiger partial charge is 0.370 e. The van der Waals surface area contributed by atoms with Gasteiger partial charge in [-0.15, -0.1) is 0 Å². The molecule has 5 rings (SSSR count). The van der Waals surface area contributed by atoms with Gasteiger partial charge in [0.15, 0.2) is 23.3 Å². The first-order valence-electron chi connectivity index (χ1n) is 10.9. The van der Waals surface area contributed by atoms with Gasteiger partial charge < -0.3 is 9.64 Å². The highest BCUT2D eigenvalue weighted by molar-refractivity contribution is 5.94. The Labute approximate surface area is 202 Å². The molecule has 0 unspecified atom stereocenters. The number of amides is 1. The van der Waals surface area contributed by atoms with E-state index in [1.807, 2.05) is 0 Å². The fourth-order valence-electron chi connectivity index (χ4n) is 3.80. The van der Waals surface area contributed by atoms with Gasteiger partial charge in [0, 0.05) is 23.7 Å². The molecule has 182 valence electrons. The number of halogens is 3. The van der Waals surface area contributed by atoms with Crippen molar-refractivity contribution in [2.45, 2.75) is 6.54 Å². The molecule has 1 aliphatic heterocycles. The van der Waals surface area contributed by atoms with Gasteiger partial charge in [0.05, 0.1) is 36.9 Å². The smallest absolute Gasteiger partial charge is 0.267 e. The number of nitrogens with zero attached hydrogens (tertiary/aromatic N) is 5. The average Bonchev–Trinajstić information content (AvgIpc) is 2.89. The highest BCUT2D eigenvalue weighted by Gasteiger charge is 2.21. The molecule has 0 saturated carbocycles. The molecular formula is C25H18F3N5O3. The number of ether oxygens (including phenoxy) is 1. The standard InChI is InChI=1S/C25H18F3N5O3/c26-19-9-17(10-20(27)24(19)28)21-4-5-22(34)33(31-21)13-15-2-1-3-16(8-15)25-29-11-18(12-30-25)32-6-7-36-14-23(32)35/h1-5,8-12H,6-7,13-14H2. The van der Waals surface area contributed by atoms with Gasteiger partial charge in [0.2, 0.25) is 0 Å². The molecule has 1 fully saturated rings. The van der Waals surface area contributed by atoms with Crippen molar-refractivity contribution in [1.29, 1.82) is 0 Å². The third-order valence-corrected chi connectivity index (χ3v) is 5.60. The van der Waals surface area contributed by atoms with Gasteiger partial charge in [-0.2, -0.15) is 5.10 Å². The van der Waals surface area contributed by atoms with Crippen molar-refractivity contribution in [2.75, 3.05) is 24.7 Å². The Morgan fingerprint density at radius 3 is 2.39 bits per heavy atom. The molecule has 36 heavy (non-hydrogen) atoms. The molecule has 8 nitrogen and oxygen atoms in total. The Morgan fingerprint density at radius 1 is 0.917 bits per heavy atom. The lowest BCUT2D eigenvalue weighted by Gasteiger charge is -2.26. The third-order valence-electron chi connectivity index (χ3n) is 5.60. The molecule has 0 spiro atoms. The molecule has 0 aliphatic carbocycles. The maximum Gasteiger partial charge on any atom is 0.267 e. The average molecular weight is 493 g/mol. The van der Waals surface area contributed by atoms with Crippen molar-refractivity contribution in [3.8, 4) is 22.6 Å². The van der Waals surface area contributed by atoms with E-state index in [4.69, 9.17) is 4.74 Å². The van der Waals surface area contributed by atoms with Crippen molar-refractivity contribution < 1.29 is 22.7 Å². The van der Waals surface area contributed by atoms with Crippen LogP contribution in [0, 0.1) is 17.5 Å². The number of morpholine rings is 1. The van der Waals surface area contributed by atoms with Crippen molar-refractivity contribution >= 4 is 11.6 Å². The maximum atomic E-state index is 13.7. The molecule has 11 heteroatoms. The zero-order valence-corrected chi connectivity index (χ0v) is 18.7. The highest BCUT2D eigenvalue weighted by atomic mass is 19.2. The van der Waals surface area contributed by atoms with E-state index in [0.29, 0.717) is 35.8 Å². The predicted molar refractivity (Wildman–Crippen MR) is 124 cm³/mol. The lowest BCUT2D eigenvalue weighted by Crippen LogP contribution is -2.41. The minimum absolute atomic E-state index is 0.00106. The Hall–Kier alpha value is -4.38. The Balaban J connectivity index is 1.39. The van der Waals surface area contributed by atoms with E-state index in [2.05, 4.69) is 15.1 Å². The number of hydrogen-bond donors (Lipinski definition) is 0. The second kappa shape index (κ2) is 9.70. The van der Waals surface area contributed by atoms with Crippen LogP contribution in [0.5, 0.6) is 0 Å². The summed E-state index contributed by atoms with van der Waals surface area (Å²) in [6, 6.07) is 11.3. The lowest BCUT2D eigenvalue weighted by molar-refractivity contribution is -0.125. The summed E-state index contributed by atoms with van der Waals surface area (Å²) in [5.74, 6) is -4.00. The number of carbonyl (C=O) groups is 1. The van der Waals surface area contributed by atoms with Crippen molar-refractivity contribution in [2.24, 2.45) is 0 Å². The van der Waals surface area contributed by atoms with E-state index in [9.17, 15) is 22.8 Å². The first kappa shape index (κ1) is 23.4. The van der Waals surface area contributed by atoms with Crippen LogP contribution in [0.15, 0.2) is 65.7 Å². The normalized spacial score (nSPS) is 13.8. The molecule has 1 amide bonds. The Bertz CT molecular complexity index is 1480. The van der Waals surface area contributed by atoms with Gasteiger partial charge in [-0.1, -0.05) is 18.2 Å². The quantitative estimate of drug-likeness (QED) is 0.397. The zero-order chi connectivity index (χ0) is 25.2. The molecule has 4 aromatic rings. The second-order valence-corrected chi connectivity index (χ2v) is 8.03. The van der Waals surface area contributed by atoms with Crippen LogP contribution in [-0.2, 0) is 16.1 Å². The van der Waals surface area contributed by atoms with E-state index in [1.165, 1.54) is 12.1 Å². The highest BCUT2D eigenvalue weighted by Crippen LogP contribution is 2.23. The van der Waals surface area contributed by atoms with Crippen LogP contribution >= 0.6 is 0 Å². The summed E-state index contributed by atoms with van der Waals surface area (Å²) in [6.45, 7) is 0.945. The lowest BCUT2D eigenvalue weighted by atomic mass is 10.1. The summed E-state index contributed by atoms with van der Waals surface area (Å²) in [4.78, 5) is 34.7. The van der Waals surface area contributed by atoms with Crippen molar-refractivity contribution in [1.82, 2.24) is 19.7 Å². The van der Waals surface area contributed by atoms with E-state index in [1.54, 1.807) is 41.6 Å². The van der Waals surface area contributed by atoms with Crippen LogP contribution < -0.4 is 10.5 Å². The van der Waals surface area contributed by atoms with Gasteiger partial charge in [0.1, 0.15) is 6.61 Å². The molecule has 1 saturated heterocycles. The van der Waals surface area contributed by atoms with Crippen LogP contribution in [0.4, 0.5) is 18.9 Å². The molecule has 2 aromatic carbocycles. The zero-order valence-electron chi connectivity index (χ0n) is 18.7. The van der Waals surface area contributed by atoms with Crippen LogP contribution in [0.25, 0.3) is 22.6 Å². The predicted octanol–water partition coefficient (Wildman–Crippen LogP) is 3.20. The Morgan fingerprint density at radius 2 is 1.67 bits per heavy atom. The van der Waals surface area contributed by atoms with Gasteiger partial charge in [-0.05, 0) is 29.8 Å². The fourth-order valence-corrected chi connectivity index (χ4v) is 3.80. The number of hydrogen-bond acceptors (Lipinski definition) is 6. The first-order valence-corrected chi connectivity index (χ1v) is 10.9. The SMILES string of the molecule is O=C1COCCN1c1cnc(-c2cccc(Cn3nc(-c4cc(F)c(F)c(F)c4)ccc3=O)c2)nc1. The number of aromatic nitrogens is 4. The molecule has 0 radical (unpaired) electrons. The summed E-state index contributed by atoms with van der Waals surface area (Å²) in [5.41, 5.74) is 1.64. The van der Waals surface area contributed by atoms with Crippen LogP contribution in [0.1, 0.15) is 5.56 Å². The first-order chi connectivity index (χ1) is 17.4. The van der Waals surface area contributed by atoms with Crippen molar-refractivity contribution in [3.05, 3.63) is 94.3 Å². The summed E-state index contributed by atoms with van der Waals surface area (Å²) >= 11 is 0. The molecular weight excluding hydrogens is 475 g/mol. The van der Waals surface area contributed by atoms with Crippen LogP contribution in [0.3, 0.4) is 0 Å². The summed E-state index contributed by atoms with van der Waals surface area (Å²) in [7, 11) is 0. The van der Waals surface area contributed by atoms with Crippen molar-refractivity contribution in [3.63, 3.8) is 0 Å². The molecule has 0 bridgehead atoms. The summed E-state index contributed by atoms with van der Waals surface area (Å²) in [5, 5.41) is 4.19. The minimum atomic E-state index is -1.57. The molecule has 0 atom stereocenters. The summed E-state index contributed by atoms with van der Waals surface area (Å²) < 4.78 is 46.9. The Kier molecular flexibility index (Phi) is 6.30. The second-order valence-electron chi connectivity index (χ2n) is 8.03. The topological polar surface area (TPSA) is 90.2 Å². The van der Waals surface area contributed by atoms with E-state index >= 15 is 0 Å². The van der Waals surface area contributed by atoms with E-state index in [0.717, 1.165) is 16.8 Å². The van der Waals surface area contributed by atoms with Gasteiger partial charge in [-0.3, -0.25) is 9.59 Å². The maximum absolute atomic E-state index is 13.7. The molecule has 3 heterocycles. The third kappa shape index (κ3) is 4.73. The van der Waals surface area contributed by atoms with E-state index in [-0.39, 0.29) is 30.3 Å². The monoisotopic (exact) mass is 493 g/mol. The van der Waals surface area contributed by atoms with Gasteiger partial charge in [0.25, 0.3) is 11.5 Å². The number of anilines is 1. The molecule has 0 N–H and O–H groups in total. The molecule has 1 aliphatic rings. The fraction of sp³-hybridized carbons (Fsp3) is 0.160. The van der Waals surface area contributed by atoms with Gasteiger partial charge >= 0.3 is 0 Å². The number of benzene rings is 2. The summed E-state index contributed by atoms with van der Waals surface area (Å²) in [6.07, 6.45) is 3.13. The number of carbonyl (C=O) groups excluding carboxylic acids is 1. The van der Waals surface area contributed by atoms with E-state index < -0.39 is 23.0 Å². The van der Waals surface area contributed by atoms with Crippen LogP contribution in [-0.4, -0.2) is 45.4 Å². The molecule has 2 aromatic heterocycles.